The van der Waals surface area contributed by atoms with E-state index in [0.717, 1.165) is 61.0 Å². The zero-order valence-corrected chi connectivity index (χ0v) is 23.6. The van der Waals surface area contributed by atoms with Crippen molar-refractivity contribution in [3.8, 4) is 0 Å². The van der Waals surface area contributed by atoms with Crippen LogP contribution in [0.4, 0.5) is 4.79 Å². The number of benzene rings is 1. The molecule has 2 aliphatic heterocycles. The number of carbonyl (C=O) groups excluding carboxylic acids is 1. The SMILES string of the molecule is CC1=C2CC3C(C)C(C)CCC3C2CCC2(C1)OC1C[C@H](C)CN(C(=O)OCc3ccccc3)C1C2C. The highest BCUT2D eigenvalue weighted by Crippen LogP contribution is 2.59. The van der Waals surface area contributed by atoms with E-state index in [4.69, 9.17) is 9.47 Å². The maximum absolute atomic E-state index is 13.4. The van der Waals surface area contributed by atoms with Crippen molar-refractivity contribution in [1.29, 1.82) is 0 Å². The van der Waals surface area contributed by atoms with Crippen molar-refractivity contribution in [3.05, 3.63) is 47.0 Å². The highest BCUT2D eigenvalue weighted by Gasteiger charge is 2.59. The summed E-state index contributed by atoms with van der Waals surface area (Å²) in [4.78, 5) is 15.5. The topological polar surface area (TPSA) is 38.8 Å². The lowest BCUT2D eigenvalue weighted by Gasteiger charge is -2.41. The van der Waals surface area contributed by atoms with Gasteiger partial charge in [-0.1, -0.05) is 75.6 Å². The first-order valence-corrected chi connectivity index (χ1v) is 15.1. The van der Waals surface area contributed by atoms with Gasteiger partial charge in [0.2, 0.25) is 0 Å². The number of rotatable bonds is 2. The first-order valence-electron chi connectivity index (χ1n) is 15.1. The first kappa shape index (κ1) is 25.5. The maximum atomic E-state index is 13.4. The summed E-state index contributed by atoms with van der Waals surface area (Å²) >= 11 is 0. The number of amides is 1. The average molecular weight is 506 g/mol. The van der Waals surface area contributed by atoms with Crippen molar-refractivity contribution in [2.24, 2.45) is 41.4 Å². The molecular weight excluding hydrogens is 458 g/mol. The second-order valence-electron chi connectivity index (χ2n) is 13.6. The second-order valence-corrected chi connectivity index (χ2v) is 13.6. The number of fused-ring (bicyclic) bond motifs is 4. The number of hydrogen-bond donors (Lipinski definition) is 0. The van der Waals surface area contributed by atoms with Crippen LogP contribution in [0.25, 0.3) is 0 Å². The monoisotopic (exact) mass is 505 g/mol. The van der Waals surface area contributed by atoms with Crippen LogP contribution in [0.2, 0.25) is 0 Å². The van der Waals surface area contributed by atoms with Gasteiger partial charge in [-0.05, 0) is 86.5 Å². The number of allylic oxidation sites excluding steroid dienone is 1. The van der Waals surface area contributed by atoms with E-state index in [1.807, 2.05) is 35.2 Å². The summed E-state index contributed by atoms with van der Waals surface area (Å²) in [6.07, 6.45) is 8.52. The van der Waals surface area contributed by atoms with Crippen LogP contribution in [0, 0.1) is 41.4 Å². The van der Waals surface area contributed by atoms with Gasteiger partial charge >= 0.3 is 6.09 Å². The van der Waals surface area contributed by atoms with Crippen LogP contribution in [0.1, 0.15) is 85.1 Å². The average Bonchev–Trinajstić information content (AvgIpc) is 3.34. The molecule has 1 aromatic rings. The summed E-state index contributed by atoms with van der Waals surface area (Å²) in [5.41, 5.74) is 4.27. The Balaban J connectivity index is 1.22. The van der Waals surface area contributed by atoms with E-state index in [9.17, 15) is 4.79 Å². The van der Waals surface area contributed by atoms with Crippen LogP contribution in [0.3, 0.4) is 0 Å². The van der Waals surface area contributed by atoms with E-state index in [2.05, 4.69) is 34.6 Å². The van der Waals surface area contributed by atoms with Crippen LogP contribution < -0.4 is 0 Å². The van der Waals surface area contributed by atoms with Crippen molar-refractivity contribution in [1.82, 2.24) is 4.90 Å². The first-order chi connectivity index (χ1) is 17.8. The Labute approximate surface area is 224 Å². The van der Waals surface area contributed by atoms with Gasteiger partial charge in [0.15, 0.2) is 0 Å². The molecule has 4 fully saturated rings. The Kier molecular flexibility index (Phi) is 6.70. The van der Waals surface area contributed by atoms with Crippen LogP contribution in [-0.2, 0) is 16.1 Å². The summed E-state index contributed by atoms with van der Waals surface area (Å²) in [7, 11) is 0. The number of piperidine rings is 1. The number of nitrogens with zero attached hydrogens (tertiary/aromatic N) is 1. The molecule has 202 valence electrons. The van der Waals surface area contributed by atoms with E-state index in [1.54, 1.807) is 11.1 Å². The van der Waals surface area contributed by atoms with Gasteiger partial charge in [0.25, 0.3) is 0 Å². The molecule has 37 heavy (non-hydrogen) atoms. The summed E-state index contributed by atoms with van der Waals surface area (Å²) < 4.78 is 13.0. The Morgan fingerprint density at radius 1 is 1.08 bits per heavy atom. The minimum atomic E-state index is -0.174. The summed E-state index contributed by atoms with van der Waals surface area (Å²) in [6.45, 7) is 13.1. The molecule has 9 unspecified atom stereocenters. The molecule has 4 nitrogen and oxygen atoms in total. The minimum Gasteiger partial charge on any atom is -0.445 e. The van der Waals surface area contributed by atoms with Crippen molar-refractivity contribution in [2.75, 3.05) is 6.54 Å². The molecule has 2 saturated carbocycles. The Bertz CT molecular complexity index is 1040. The molecule has 0 N–H and O–H groups in total. The second kappa shape index (κ2) is 9.74. The van der Waals surface area contributed by atoms with E-state index in [0.29, 0.717) is 18.4 Å². The summed E-state index contributed by atoms with van der Waals surface area (Å²) in [5.74, 6) is 4.95. The smallest absolute Gasteiger partial charge is 0.410 e. The number of carbonyl (C=O) groups is 1. The number of hydrogen-bond acceptors (Lipinski definition) is 3. The van der Waals surface area contributed by atoms with Gasteiger partial charge in [-0.3, -0.25) is 0 Å². The third kappa shape index (κ3) is 4.36. The van der Waals surface area contributed by atoms with Crippen LogP contribution in [0.15, 0.2) is 41.5 Å². The summed E-state index contributed by atoms with van der Waals surface area (Å²) in [6, 6.07) is 10.1. The van der Waals surface area contributed by atoms with Crippen LogP contribution >= 0.6 is 0 Å². The van der Waals surface area contributed by atoms with Crippen LogP contribution in [-0.4, -0.2) is 35.3 Å². The fourth-order valence-electron chi connectivity index (χ4n) is 9.36. The Hall–Kier alpha value is -1.81. The lowest BCUT2D eigenvalue weighted by Crippen LogP contribution is -2.54. The van der Waals surface area contributed by atoms with E-state index >= 15 is 0 Å². The highest BCUT2D eigenvalue weighted by molar-refractivity contribution is 5.68. The lowest BCUT2D eigenvalue weighted by molar-refractivity contribution is -0.0784. The Morgan fingerprint density at radius 2 is 1.86 bits per heavy atom. The third-order valence-corrected chi connectivity index (χ3v) is 11.5. The van der Waals surface area contributed by atoms with Crippen LogP contribution in [0.5, 0.6) is 0 Å². The van der Waals surface area contributed by atoms with Crippen molar-refractivity contribution in [2.45, 2.75) is 104 Å². The van der Waals surface area contributed by atoms with Gasteiger partial charge in [0.1, 0.15) is 6.61 Å². The predicted molar refractivity (Wildman–Crippen MR) is 147 cm³/mol. The molecule has 0 radical (unpaired) electrons. The number of ether oxygens (including phenoxy) is 2. The molecule has 0 bridgehead atoms. The summed E-state index contributed by atoms with van der Waals surface area (Å²) in [5, 5.41) is 0. The van der Waals surface area contributed by atoms with Gasteiger partial charge in [-0.25, -0.2) is 4.79 Å². The molecule has 1 spiro atoms. The standard InChI is InChI=1S/C33H47NO3/c1-20-15-30-31(34(18-20)32(35)36-19-25-9-7-6-8-10-25)24(5)33(37-30)14-13-27-26-12-11-21(2)23(4)29(26)16-28(27)22(3)17-33/h6-10,20-21,23-24,26-27,29-31H,11-19H2,1-5H3/t20-,21?,23?,24?,26?,27?,29?,30?,31?,33?/m0/s1. The van der Waals surface area contributed by atoms with E-state index < -0.39 is 0 Å². The van der Waals surface area contributed by atoms with Crippen molar-refractivity contribution >= 4 is 6.09 Å². The zero-order chi connectivity index (χ0) is 25.9. The lowest BCUT2D eigenvalue weighted by atomic mass is 9.67. The van der Waals surface area contributed by atoms with Gasteiger partial charge in [-0.2, -0.15) is 0 Å². The van der Waals surface area contributed by atoms with Gasteiger partial charge < -0.3 is 14.4 Å². The molecule has 4 heteroatoms. The third-order valence-electron chi connectivity index (χ3n) is 11.5. The molecule has 2 heterocycles. The fourth-order valence-corrected chi connectivity index (χ4v) is 9.36. The van der Waals surface area contributed by atoms with E-state index in [-0.39, 0.29) is 23.8 Å². The molecule has 2 saturated heterocycles. The molecule has 3 aliphatic carbocycles. The molecule has 1 aromatic carbocycles. The van der Waals surface area contributed by atoms with Gasteiger partial charge in [0.05, 0.1) is 17.7 Å². The molecule has 5 aliphatic rings. The molecular formula is C33H47NO3. The maximum Gasteiger partial charge on any atom is 0.410 e. The van der Waals surface area contributed by atoms with Crippen molar-refractivity contribution < 1.29 is 14.3 Å². The molecule has 0 aromatic heterocycles. The highest BCUT2D eigenvalue weighted by atomic mass is 16.6. The van der Waals surface area contributed by atoms with E-state index in [1.165, 1.54) is 25.7 Å². The molecule has 10 atom stereocenters. The predicted octanol–water partition coefficient (Wildman–Crippen LogP) is 7.63. The molecule has 1 amide bonds. The number of likely N-dealkylation sites (tertiary alicyclic amines) is 1. The molecule has 6 rings (SSSR count). The fraction of sp³-hybridized carbons (Fsp3) is 0.727. The minimum absolute atomic E-state index is 0.110. The van der Waals surface area contributed by atoms with Gasteiger partial charge in [0, 0.05) is 12.5 Å². The zero-order valence-electron chi connectivity index (χ0n) is 23.6. The van der Waals surface area contributed by atoms with Gasteiger partial charge in [-0.15, -0.1) is 0 Å². The largest absolute Gasteiger partial charge is 0.445 e. The van der Waals surface area contributed by atoms with Crippen molar-refractivity contribution in [3.63, 3.8) is 0 Å². The quantitative estimate of drug-likeness (QED) is 0.388. The Morgan fingerprint density at radius 3 is 2.65 bits per heavy atom. The normalized spacial score (nSPS) is 43.3.